The minimum Gasteiger partial charge on any atom is -0.395 e. The van der Waals surface area contributed by atoms with E-state index in [1.54, 1.807) is 12.1 Å². The summed E-state index contributed by atoms with van der Waals surface area (Å²) in [7, 11) is 1.99. The highest BCUT2D eigenvalue weighted by molar-refractivity contribution is 5.94. The molecule has 20 heavy (non-hydrogen) atoms. The Bertz CT molecular complexity index is 561. The molecule has 0 fully saturated rings. The number of aliphatic hydroxyl groups excluding tert-OH is 1. The van der Waals surface area contributed by atoms with Crippen LogP contribution >= 0.6 is 0 Å². The van der Waals surface area contributed by atoms with Crippen LogP contribution in [0.25, 0.3) is 0 Å². The zero-order valence-electron chi connectivity index (χ0n) is 11.5. The minimum atomic E-state index is -0.173. The quantitative estimate of drug-likeness (QED) is 0.744. The minimum absolute atomic E-state index is 0.0531. The van der Waals surface area contributed by atoms with Crippen LogP contribution in [0.5, 0.6) is 0 Å². The molecule has 0 aliphatic heterocycles. The summed E-state index contributed by atoms with van der Waals surface area (Å²) in [5.74, 6) is -0.173. The van der Waals surface area contributed by atoms with Crippen LogP contribution in [-0.4, -0.2) is 28.7 Å². The van der Waals surface area contributed by atoms with E-state index in [9.17, 15) is 4.79 Å². The normalized spacial score (nSPS) is 10.3. The molecule has 0 spiro atoms. The smallest absolute Gasteiger partial charge is 0.251 e. The number of aryl methyl sites for hydroxylation is 1. The van der Waals surface area contributed by atoms with Crippen LogP contribution in [-0.2, 0) is 13.6 Å². The Morgan fingerprint density at radius 3 is 2.60 bits per heavy atom. The maximum absolute atomic E-state index is 11.7. The zero-order valence-corrected chi connectivity index (χ0v) is 11.5. The Kier molecular flexibility index (Phi) is 4.79. The molecular formula is C15H19N3O2. The van der Waals surface area contributed by atoms with Crippen LogP contribution < -0.4 is 10.6 Å². The molecule has 1 amide bonds. The van der Waals surface area contributed by atoms with Gasteiger partial charge in [-0.25, -0.2) is 0 Å². The van der Waals surface area contributed by atoms with Gasteiger partial charge in [0.05, 0.1) is 6.61 Å². The number of carbonyl (C=O) groups is 1. The predicted molar refractivity (Wildman–Crippen MR) is 78.6 cm³/mol. The number of rotatable bonds is 6. The fourth-order valence-electron chi connectivity index (χ4n) is 1.88. The lowest BCUT2D eigenvalue weighted by Crippen LogP contribution is -2.26. The number of benzene rings is 1. The van der Waals surface area contributed by atoms with Gasteiger partial charge in [-0.3, -0.25) is 4.79 Å². The fourth-order valence-corrected chi connectivity index (χ4v) is 1.88. The number of carbonyl (C=O) groups excluding carboxylic acids is 1. The average Bonchev–Trinajstić information content (AvgIpc) is 2.89. The zero-order chi connectivity index (χ0) is 14.4. The molecule has 3 N–H and O–H groups in total. The lowest BCUT2D eigenvalue weighted by Gasteiger charge is -2.07. The highest BCUT2D eigenvalue weighted by atomic mass is 16.3. The molecule has 5 heteroatoms. The number of hydrogen-bond acceptors (Lipinski definition) is 3. The molecule has 1 heterocycles. The number of anilines is 1. The molecule has 0 bridgehead atoms. The molecule has 1 aromatic heterocycles. The van der Waals surface area contributed by atoms with Gasteiger partial charge in [-0.1, -0.05) is 0 Å². The lowest BCUT2D eigenvalue weighted by atomic mass is 10.2. The first-order valence-corrected chi connectivity index (χ1v) is 6.53. The van der Waals surface area contributed by atoms with Gasteiger partial charge >= 0.3 is 0 Å². The first-order chi connectivity index (χ1) is 9.69. The third kappa shape index (κ3) is 3.86. The molecule has 0 radical (unpaired) electrons. The summed E-state index contributed by atoms with van der Waals surface area (Å²) < 4.78 is 2.01. The van der Waals surface area contributed by atoms with Gasteiger partial charge in [0.25, 0.3) is 5.91 Å². The Hall–Kier alpha value is -2.27. The van der Waals surface area contributed by atoms with E-state index in [0.717, 1.165) is 12.2 Å². The molecule has 2 aromatic rings. The maximum Gasteiger partial charge on any atom is 0.251 e. The van der Waals surface area contributed by atoms with Crippen molar-refractivity contribution in [2.75, 3.05) is 18.5 Å². The second-order valence-corrected chi connectivity index (χ2v) is 4.60. The Balaban J connectivity index is 1.89. The molecule has 1 aromatic carbocycles. The lowest BCUT2D eigenvalue weighted by molar-refractivity contribution is 0.0945. The van der Waals surface area contributed by atoms with Gasteiger partial charge in [-0.15, -0.1) is 0 Å². The monoisotopic (exact) mass is 273 g/mol. The molecule has 0 aliphatic rings. The largest absolute Gasteiger partial charge is 0.395 e. The van der Waals surface area contributed by atoms with E-state index in [2.05, 4.69) is 22.9 Å². The second kappa shape index (κ2) is 6.77. The predicted octanol–water partition coefficient (Wildman–Crippen LogP) is 1.36. The summed E-state index contributed by atoms with van der Waals surface area (Å²) in [5.41, 5.74) is 2.76. The molecule has 0 unspecified atom stereocenters. The van der Waals surface area contributed by atoms with Crippen molar-refractivity contribution in [1.82, 2.24) is 9.88 Å². The van der Waals surface area contributed by atoms with Crippen molar-refractivity contribution in [2.24, 2.45) is 7.05 Å². The highest BCUT2D eigenvalue weighted by Crippen LogP contribution is 2.11. The summed E-state index contributed by atoms with van der Waals surface area (Å²) in [6.45, 7) is 0.964. The second-order valence-electron chi connectivity index (χ2n) is 4.60. The van der Waals surface area contributed by atoms with E-state index in [0.29, 0.717) is 5.56 Å². The van der Waals surface area contributed by atoms with Crippen LogP contribution in [0.15, 0.2) is 42.7 Å². The number of nitrogens with one attached hydrogen (secondary N) is 2. The van der Waals surface area contributed by atoms with E-state index in [1.165, 1.54) is 5.56 Å². The third-order valence-corrected chi connectivity index (χ3v) is 2.93. The molecule has 0 aliphatic carbocycles. The number of nitrogens with zero attached hydrogens (tertiary/aromatic N) is 1. The molecular weight excluding hydrogens is 254 g/mol. The third-order valence-electron chi connectivity index (χ3n) is 2.93. The SMILES string of the molecule is Cn1ccc(CNc2ccc(C(=O)NCCO)cc2)c1. The van der Waals surface area contributed by atoms with E-state index in [4.69, 9.17) is 5.11 Å². The summed E-state index contributed by atoms with van der Waals surface area (Å²) in [4.78, 5) is 11.7. The van der Waals surface area contributed by atoms with Gasteiger partial charge < -0.3 is 20.3 Å². The van der Waals surface area contributed by atoms with Crippen LogP contribution in [0.2, 0.25) is 0 Å². The van der Waals surface area contributed by atoms with Crippen molar-refractivity contribution in [3.8, 4) is 0 Å². The number of amides is 1. The molecule has 5 nitrogen and oxygen atoms in total. The summed E-state index contributed by atoms with van der Waals surface area (Å²) >= 11 is 0. The van der Waals surface area contributed by atoms with Gasteiger partial charge in [0, 0.05) is 43.8 Å². The van der Waals surface area contributed by atoms with Crippen LogP contribution in [0.3, 0.4) is 0 Å². The first kappa shape index (κ1) is 14.1. The van der Waals surface area contributed by atoms with E-state index in [1.807, 2.05) is 29.9 Å². The van der Waals surface area contributed by atoms with Crippen molar-refractivity contribution < 1.29 is 9.90 Å². The Labute approximate surface area is 118 Å². The standard InChI is InChI=1S/C15H19N3O2/c1-18-8-6-12(11-18)10-17-14-4-2-13(3-5-14)15(20)16-7-9-19/h2-6,8,11,17,19H,7,9-10H2,1H3,(H,16,20). The van der Waals surface area contributed by atoms with E-state index in [-0.39, 0.29) is 19.1 Å². The molecule has 0 saturated heterocycles. The average molecular weight is 273 g/mol. The summed E-state index contributed by atoms with van der Waals surface area (Å²) in [6.07, 6.45) is 4.06. The van der Waals surface area contributed by atoms with Gasteiger partial charge in [-0.05, 0) is 35.9 Å². The van der Waals surface area contributed by atoms with Crippen molar-refractivity contribution >= 4 is 11.6 Å². The van der Waals surface area contributed by atoms with E-state index < -0.39 is 0 Å². The summed E-state index contributed by atoms with van der Waals surface area (Å²) in [6, 6.07) is 9.33. The maximum atomic E-state index is 11.7. The number of aliphatic hydroxyl groups is 1. The van der Waals surface area contributed by atoms with Gasteiger partial charge in [0.15, 0.2) is 0 Å². The van der Waals surface area contributed by atoms with Gasteiger partial charge in [0.2, 0.25) is 0 Å². The number of hydrogen-bond donors (Lipinski definition) is 3. The van der Waals surface area contributed by atoms with Crippen LogP contribution in [0.1, 0.15) is 15.9 Å². The highest BCUT2D eigenvalue weighted by Gasteiger charge is 2.04. The Morgan fingerprint density at radius 1 is 1.25 bits per heavy atom. The first-order valence-electron chi connectivity index (χ1n) is 6.53. The van der Waals surface area contributed by atoms with Crippen LogP contribution in [0, 0.1) is 0 Å². The fraction of sp³-hybridized carbons (Fsp3) is 0.267. The van der Waals surface area contributed by atoms with Gasteiger partial charge in [0.1, 0.15) is 0 Å². The number of aromatic nitrogens is 1. The van der Waals surface area contributed by atoms with Crippen molar-refractivity contribution in [2.45, 2.75) is 6.54 Å². The summed E-state index contributed by atoms with van der Waals surface area (Å²) in [5, 5.41) is 14.6. The van der Waals surface area contributed by atoms with Gasteiger partial charge in [-0.2, -0.15) is 0 Å². The molecule has 0 saturated carbocycles. The van der Waals surface area contributed by atoms with Crippen LogP contribution in [0.4, 0.5) is 5.69 Å². The molecule has 2 rings (SSSR count). The topological polar surface area (TPSA) is 66.3 Å². The van der Waals surface area contributed by atoms with Crippen molar-refractivity contribution in [3.63, 3.8) is 0 Å². The van der Waals surface area contributed by atoms with Crippen molar-refractivity contribution in [3.05, 3.63) is 53.9 Å². The molecule has 106 valence electrons. The van der Waals surface area contributed by atoms with Crippen molar-refractivity contribution in [1.29, 1.82) is 0 Å². The Morgan fingerprint density at radius 2 is 2.00 bits per heavy atom. The van der Waals surface area contributed by atoms with E-state index >= 15 is 0 Å². The molecule has 0 atom stereocenters.